The molecule has 0 spiro atoms. The molecule has 0 radical (unpaired) electrons. The van der Waals surface area contributed by atoms with E-state index in [2.05, 4.69) is 10.3 Å². The Labute approximate surface area is 167 Å². The third-order valence-electron chi connectivity index (χ3n) is 3.83. The Morgan fingerprint density at radius 2 is 1.42 bits per heavy atom. The normalized spacial score (nSPS) is 10.4. The van der Waals surface area contributed by atoms with E-state index in [-0.39, 0.29) is 12.4 Å². The average molecular weight is 403 g/mol. The van der Waals surface area contributed by atoms with Gasteiger partial charge in [0.1, 0.15) is 5.82 Å². The van der Waals surface area contributed by atoms with Gasteiger partial charge >= 0.3 is 0 Å². The number of aromatic nitrogens is 2. The zero-order valence-electron chi connectivity index (χ0n) is 13.5. The van der Waals surface area contributed by atoms with E-state index in [1.54, 1.807) is 0 Å². The van der Waals surface area contributed by atoms with Crippen molar-refractivity contribution in [3.8, 4) is 11.4 Å². The molecule has 6 heteroatoms. The van der Waals surface area contributed by atoms with E-state index in [0.717, 1.165) is 22.2 Å². The molecule has 0 amide bonds. The summed E-state index contributed by atoms with van der Waals surface area (Å²) in [6, 6.07) is 22.9. The van der Waals surface area contributed by atoms with Gasteiger partial charge in [-0.05, 0) is 48.5 Å². The SMILES string of the molecule is Cl.Clc1ccc(-c2nc(Nc3ccccc3Cl)c3ccccc3n2)cc1. The lowest BCUT2D eigenvalue weighted by Crippen LogP contribution is -1.99. The fourth-order valence-corrected chi connectivity index (χ4v) is 2.90. The third kappa shape index (κ3) is 3.75. The summed E-state index contributed by atoms with van der Waals surface area (Å²) in [7, 11) is 0. The molecule has 0 saturated heterocycles. The Balaban J connectivity index is 0.00000196. The Bertz CT molecular complexity index is 1050. The van der Waals surface area contributed by atoms with Gasteiger partial charge in [-0.2, -0.15) is 0 Å². The van der Waals surface area contributed by atoms with Crippen molar-refractivity contribution in [2.24, 2.45) is 0 Å². The molecule has 4 rings (SSSR count). The summed E-state index contributed by atoms with van der Waals surface area (Å²) in [6.45, 7) is 0. The summed E-state index contributed by atoms with van der Waals surface area (Å²) < 4.78 is 0. The first kappa shape index (κ1) is 18.5. The van der Waals surface area contributed by atoms with Crippen molar-refractivity contribution in [2.45, 2.75) is 0 Å². The second-order valence-corrected chi connectivity index (χ2v) is 6.37. The molecule has 0 aliphatic rings. The van der Waals surface area contributed by atoms with Crippen LogP contribution in [-0.2, 0) is 0 Å². The van der Waals surface area contributed by atoms with Crippen LogP contribution in [0.1, 0.15) is 0 Å². The average Bonchev–Trinajstić information content (AvgIpc) is 2.64. The number of benzene rings is 3. The van der Waals surface area contributed by atoms with Crippen molar-refractivity contribution in [3.63, 3.8) is 0 Å². The minimum absolute atomic E-state index is 0. The standard InChI is InChI=1S/C20H13Cl2N3.ClH/c21-14-11-9-13(10-12-14)19-23-17-7-3-1-5-15(17)20(25-19)24-18-8-4-2-6-16(18)22;/h1-12H,(H,23,24,25);1H. The van der Waals surface area contributed by atoms with Gasteiger partial charge in [0.15, 0.2) is 5.82 Å². The monoisotopic (exact) mass is 401 g/mol. The molecular weight excluding hydrogens is 389 g/mol. The molecule has 0 saturated carbocycles. The molecule has 3 aromatic carbocycles. The molecule has 0 fully saturated rings. The summed E-state index contributed by atoms with van der Waals surface area (Å²) in [5, 5.41) is 5.58. The molecule has 1 aromatic heterocycles. The van der Waals surface area contributed by atoms with E-state index in [0.29, 0.717) is 21.7 Å². The van der Waals surface area contributed by atoms with Crippen LogP contribution in [0.4, 0.5) is 11.5 Å². The maximum absolute atomic E-state index is 6.28. The highest BCUT2D eigenvalue weighted by Crippen LogP contribution is 2.30. The number of hydrogen-bond donors (Lipinski definition) is 1. The Morgan fingerprint density at radius 1 is 0.731 bits per heavy atom. The smallest absolute Gasteiger partial charge is 0.162 e. The maximum atomic E-state index is 6.28. The number of nitrogens with zero attached hydrogens (tertiary/aromatic N) is 2. The predicted molar refractivity (Wildman–Crippen MR) is 112 cm³/mol. The van der Waals surface area contributed by atoms with Gasteiger partial charge in [-0.15, -0.1) is 12.4 Å². The molecule has 0 aliphatic heterocycles. The number of para-hydroxylation sites is 2. The Hall–Kier alpha value is -2.33. The van der Waals surface area contributed by atoms with E-state index in [9.17, 15) is 0 Å². The molecule has 1 heterocycles. The molecule has 0 aliphatic carbocycles. The fraction of sp³-hybridized carbons (Fsp3) is 0. The number of hydrogen-bond acceptors (Lipinski definition) is 3. The first-order valence-electron chi connectivity index (χ1n) is 7.75. The van der Waals surface area contributed by atoms with Crippen molar-refractivity contribution < 1.29 is 0 Å². The van der Waals surface area contributed by atoms with Gasteiger partial charge in [0.05, 0.1) is 16.2 Å². The lowest BCUT2D eigenvalue weighted by Gasteiger charge is -2.12. The second kappa shape index (κ2) is 7.92. The molecule has 130 valence electrons. The summed E-state index contributed by atoms with van der Waals surface area (Å²) in [6.07, 6.45) is 0. The van der Waals surface area contributed by atoms with Crippen LogP contribution in [0.15, 0.2) is 72.8 Å². The van der Waals surface area contributed by atoms with Crippen LogP contribution in [0.3, 0.4) is 0 Å². The van der Waals surface area contributed by atoms with Crippen LogP contribution in [0.5, 0.6) is 0 Å². The van der Waals surface area contributed by atoms with Crippen molar-refractivity contribution in [2.75, 3.05) is 5.32 Å². The summed E-state index contributed by atoms with van der Waals surface area (Å²) in [4.78, 5) is 9.39. The topological polar surface area (TPSA) is 37.8 Å². The quantitative estimate of drug-likeness (QED) is 0.411. The summed E-state index contributed by atoms with van der Waals surface area (Å²) in [5.41, 5.74) is 2.56. The molecule has 0 atom stereocenters. The second-order valence-electron chi connectivity index (χ2n) is 5.52. The highest BCUT2D eigenvalue weighted by molar-refractivity contribution is 6.33. The summed E-state index contributed by atoms with van der Waals surface area (Å²) >= 11 is 12.3. The molecule has 4 aromatic rings. The minimum atomic E-state index is 0. The van der Waals surface area contributed by atoms with Crippen LogP contribution in [0.2, 0.25) is 10.0 Å². The van der Waals surface area contributed by atoms with Crippen molar-refractivity contribution in [1.29, 1.82) is 0 Å². The molecule has 0 unspecified atom stereocenters. The largest absolute Gasteiger partial charge is 0.338 e. The van der Waals surface area contributed by atoms with Gasteiger partial charge in [-0.1, -0.05) is 47.5 Å². The molecule has 26 heavy (non-hydrogen) atoms. The lowest BCUT2D eigenvalue weighted by atomic mass is 10.2. The van der Waals surface area contributed by atoms with Crippen molar-refractivity contribution >= 4 is 58.0 Å². The number of rotatable bonds is 3. The van der Waals surface area contributed by atoms with E-state index in [4.69, 9.17) is 28.2 Å². The highest BCUT2D eigenvalue weighted by atomic mass is 35.5. The Kier molecular flexibility index (Phi) is 5.62. The van der Waals surface area contributed by atoms with Crippen molar-refractivity contribution in [1.82, 2.24) is 9.97 Å². The predicted octanol–water partition coefficient (Wildman–Crippen LogP) is 6.77. The highest BCUT2D eigenvalue weighted by Gasteiger charge is 2.10. The van der Waals surface area contributed by atoms with E-state index < -0.39 is 0 Å². The zero-order valence-corrected chi connectivity index (χ0v) is 15.8. The van der Waals surface area contributed by atoms with E-state index in [1.807, 2.05) is 72.8 Å². The molecule has 0 bridgehead atoms. The van der Waals surface area contributed by atoms with Crippen molar-refractivity contribution in [3.05, 3.63) is 82.8 Å². The number of halogens is 3. The van der Waals surface area contributed by atoms with E-state index >= 15 is 0 Å². The lowest BCUT2D eigenvalue weighted by molar-refractivity contribution is 1.22. The zero-order chi connectivity index (χ0) is 17.2. The van der Waals surface area contributed by atoms with Gasteiger partial charge in [0.25, 0.3) is 0 Å². The Morgan fingerprint density at radius 3 is 2.19 bits per heavy atom. The number of anilines is 2. The van der Waals surface area contributed by atoms with Crippen LogP contribution >= 0.6 is 35.6 Å². The summed E-state index contributed by atoms with van der Waals surface area (Å²) in [5.74, 6) is 1.34. The maximum Gasteiger partial charge on any atom is 0.162 e. The minimum Gasteiger partial charge on any atom is -0.338 e. The first-order chi connectivity index (χ1) is 12.2. The molecule has 1 N–H and O–H groups in total. The van der Waals surface area contributed by atoms with Gasteiger partial charge < -0.3 is 5.32 Å². The van der Waals surface area contributed by atoms with E-state index in [1.165, 1.54) is 0 Å². The van der Waals surface area contributed by atoms with Gasteiger partial charge in [0, 0.05) is 16.0 Å². The number of fused-ring (bicyclic) bond motifs is 1. The van der Waals surface area contributed by atoms with Crippen LogP contribution < -0.4 is 5.32 Å². The first-order valence-corrected chi connectivity index (χ1v) is 8.50. The number of nitrogens with one attached hydrogen (secondary N) is 1. The third-order valence-corrected chi connectivity index (χ3v) is 4.41. The molecule has 3 nitrogen and oxygen atoms in total. The van der Waals surface area contributed by atoms with Crippen LogP contribution in [0, 0.1) is 0 Å². The van der Waals surface area contributed by atoms with Gasteiger partial charge in [-0.3, -0.25) is 0 Å². The van der Waals surface area contributed by atoms with Gasteiger partial charge in [-0.25, -0.2) is 9.97 Å². The molecular formula is C20H14Cl3N3. The van der Waals surface area contributed by atoms with Crippen LogP contribution in [-0.4, -0.2) is 9.97 Å². The van der Waals surface area contributed by atoms with Gasteiger partial charge in [0.2, 0.25) is 0 Å². The fourth-order valence-electron chi connectivity index (χ4n) is 2.59. The van der Waals surface area contributed by atoms with Crippen LogP contribution in [0.25, 0.3) is 22.3 Å².